The monoisotopic (exact) mass is 233 g/mol. The molecule has 1 N–H and O–H groups in total. The molecule has 1 heterocycles. The summed E-state index contributed by atoms with van der Waals surface area (Å²) in [6, 6.07) is 6.71. The smallest absolute Gasteiger partial charge is 0.224 e. The molecule has 3 atom stereocenters. The number of para-hydroxylation sites is 1. The van der Waals surface area contributed by atoms with Crippen LogP contribution >= 0.6 is 0 Å². The summed E-state index contributed by atoms with van der Waals surface area (Å²) in [4.78, 5) is 24.1. The highest BCUT2D eigenvalue weighted by Crippen LogP contribution is 2.41. The van der Waals surface area contributed by atoms with Gasteiger partial charge in [0.25, 0.3) is 0 Å². The van der Waals surface area contributed by atoms with Gasteiger partial charge in [-0.1, -0.05) is 25.1 Å². The Morgan fingerprint density at radius 3 is 2.71 bits per heavy atom. The zero-order valence-electron chi connectivity index (χ0n) is 9.83. The molecule has 1 aliphatic heterocycles. The number of aliphatic hydroxyl groups is 1. The molecule has 0 spiro atoms. The maximum atomic E-state index is 11.7. The zero-order valence-corrected chi connectivity index (χ0v) is 9.83. The Morgan fingerprint density at radius 2 is 2.12 bits per heavy atom. The summed E-state index contributed by atoms with van der Waals surface area (Å²) in [6.45, 7) is 3.15. The topological polar surface area (TPSA) is 57.6 Å². The summed E-state index contributed by atoms with van der Waals surface area (Å²) in [6.07, 6.45) is -0.0225. The molecule has 0 radical (unpaired) electrons. The van der Waals surface area contributed by atoms with Crippen LogP contribution in [0.5, 0.6) is 0 Å². The summed E-state index contributed by atoms with van der Waals surface area (Å²) in [5.74, 6) is -0.561. The van der Waals surface area contributed by atoms with Gasteiger partial charge in [0.15, 0.2) is 0 Å². The minimum absolute atomic E-state index is 0.160. The van der Waals surface area contributed by atoms with E-state index in [1.54, 1.807) is 19.1 Å². The lowest BCUT2D eigenvalue weighted by Crippen LogP contribution is -2.42. The second-order valence-electron chi connectivity index (χ2n) is 4.38. The number of rotatable bonds is 2. The van der Waals surface area contributed by atoms with Crippen molar-refractivity contribution >= 4 is 17.9 Å². The van der Waals surface area contributed by atoms with Crippen molar-refractivity contribution in [3.8, 4) is 0 Å². The molecule has 1 aromatic carbocycles. The predicted octanol–water partition coefficient (Wildman–Crippen LogP) is 1.29. The number of aldehydes is 1. The van der Waals surface area contributed by atoms with Gasteiger partial charge in [0.05, 0.1) is 6.04 Å². The number of nitrogens with zero attached hydrogens (tertiary/aromatic N) is 1. The zero-order chi connectivity index (χ0) is 12.6. The fourth-order valence-electron chi connectivity index (χ4n) is 2.43. The highest BCUT2D eigenvalue weighted by Gasteiger charge is 2.42. The van der Waals surface area contributed by atoms with Crippen molar-refractivity contribution in [1.82, 2.24) is 0 Å². The molecule has 0 bridgehead atoms. The Labute approximate surface area is 99.9 Å². The number of amides is 1. The van der Waals surface area contributed by atoms with E-state index in [9.17, 15) is 14.7 Å². The van der Waals surface area contributed by atoms with Gasteiger partial charge < -0.3 is 14.8 Å². The number of carbonyl (C=O) groups excluding carboxylic acids is 2. The maximum absolute atomic E-state index is 11.7. The molecule has 0 aliphatic carbocycles. The van der Waals surface area contributed by atoms with Crippen molar-refractivity contribution in [2.45, 2.75) is 26.0 Å². The molecule has 0 saturated heterocycles. The Morgan fingerprint density at radius 1 is 1.47 bits per heavy atom. The molecule has 0 unspecified atom stereocenters. The second kappa shape index (κ2) is 4.30. The molecule has 17 heavy (non-hydrogen) atoms. The lowest BCUT2D eigenvalue weighted by molar-refractivity contribution is -0.118. The molecular weight excluding hydrogens is 218 g/mol. The molecule has 90 valence electrons. The van der Waals surface area contributed by atoms with Gasteiger partial charge in [0.2, 0.25) is 5.91 Å². The van der Waals surface area contributed by atoms with Crippen molar-refractivity contribution in [2.24, 2.45) is 5.92 Å². The second-order valence-corrected chi connectivity index (χ2v) is 4.38. The van der Waals surface area contributed by atoms with Gasteiger partial charge in [-0.2, -0.15) is 0 Å². The van der Waals surface area contributed by atoms with E-state index >= 15 is 0 Å². The van der Waals surface area contributed by atoms with Crippen LogP contribution in [-0.2, 0) is 9.59 Å². The third-order valence-electron chi connectivity index (χ3n) is 3.23. The van der Waals surface area contributed by atoms with Crippen LogP contribution in [0.2, 0.25) is 0 Å². The number of anilines is 1. The number of hydrogen-bond donors (Lipinski definition) is 1. The Kier molecular flexibility index (Phi) is 2.98. The van der Waals surface area contributed by atoms with Crippen LogP contribution in [-0.4, -0.2) is 23.3 Å². The molecular formula is C13H15NO3. The van der Waals surface area contributed by atoms with Gasteiger partial charge in [-0.05, 0) is 6.07 Å². The average molecular weight is 233 g/mol. The first-order valence-corrected chi connectivity index (χ1v) is 5.60. The van der Waals surface area contributed by atoms with E-state index in [1.807, 2.05) is 12.1 Å². The van der Waals surface area contributed by atoms with E-state index < -0.39 is 18.1 Å². The minimum Gasteiger partial charge on any atom is -0.386 e. The van der Waals surface area contributed by atoms with E-state index in [1.165, 1.54) is 11.8 Å². The van der Waals surface area contributed by atoms with Gasteiger partial charge in [-0.15, -0.1) is 0 Å². The van der Waals surface area contributed by atoms with Gasteiger partial charge in [-0.3, -0.25) is 4.79 Å². The molecule has 1 amide bonds. The third kappa shape index (κ3) is 1.74. The van der Waals surface area contributed by atoms with Crippen molar-refractivity contribution in [3.05, 3.63) is 29.8 Å². The number of benzene rings is 1. The minimum atomic E-state index is -0.796. The summed E-state index contributed by atoms with van der Waals surface area (Å²) in [5, 5.41) is 10.2. The van der Waals surface area contributed by atoms with Crippen LogP contribution in [0, 0.1) is 5.92 Å². The van der Waals surface area contributed by atoms with Crippen molar-refractivity contribution in [3.63, 3.8) is 0 Å². The van der Waals surface area contributed by atoms with E-state index in [0.29, 0.717) is 11.3 Å². The van der Waals surface area contributed by atoms with E-state index in [-0.39, 0.29) is 5.91 Å². The number of carbonyl (C=O) groups is 2. The largest absolute Gasteiger partial charge is 0.386 e. The van der Waals surface area contributed by atoms with E-state index in [0.717, 1.165) is 6.29 Å². The van der Waals surface area contributed by atoms with Crippen LogP contribution in [0.3, 0.4) is 0 Å². The van der Waals surface area contributed by atoms with Crippen molar-refractivity contribution in [2.75, 3.05) is 4.90 Å². The standard InChI is InChI=1S/C13H15NO3/c1-8(7-15)12-13(17)10-5-3-4-6-11(10)14(12)9(2)16/h3-8,12-13,17H,1-2H3/t8-,12+,13+/m0/s1. The van der Waals surface area contributed by atoms with Gasteiger partial charge in [0.1, 0.15) is 12.4 Å². The van der Waals surface area contributed by atoms with Crippen LogP contribution in [0.4, 0.5) is 5.69 Å². The third-order valence-corrected chi connectivity index (χ3v) is 3.23. The molecule has 0 saturated carbocycles. The highest BCUT2D eigenvalue weighted by atomic mass is 16.3. The first kappa shape index (κ1) is 11.8. The van der Waals surface area contributed by atoms with Gasteiger partial charge in [0, 0.05) is 24.1 Å². The first-order valence-electron chi connectivity index (χ1n) is 5.60. The Hall–Kier alpha value is -1.68. The summed E-state index contributed by atoms with van der Waals surface area (Å²) in [7, 11) is 0. The molecule has 0 aromatic heterocycles. The molecule has 1 aromatic rings. The molecule has 2 rings (SSSR count). The van der Waals surface area contributed by atoms with Gasteiger partial charge >= 0.3 is 0 Å². The van der Waals surface area contributed by atoms with E-state index in [2.05, 4.69) is 0 Å². The quantitative estimate of drug-likeness (QED) is 0.783. The molecule has 4 nitrogen and oxygen atoms in total. The fourth-order valence-corrected chi connectivity index (χ4v) is 2.43. The molecule has 1 aliphatic rings. The fraction of sp³-hybridized carbons (Fsp3) is 0.385. The van der Waals surface area contributed by atoms with E-state index in [4.69, 9.17) is 0 Å². The normalized spacial score (nSPS) is 24.3. The van der Waals surface area contributed by atoms with Crippen LogP contribution < -0.4 is 4.90 Å². The summed E-state index contributed by atoms with van der Waals surface area (Å²) in [5.41, 5.74) is 1.41. The number of fused-ring (bicyclic) bond motifs is 1. The highest BCUT2D eigenvalue weighted by molar-refractivity contribution is 5.95. The van der Waals surface area contributed by atoms with Crippen LogP contribution in [0.25, 0.3) is 0 Å². The summed E-state index contributed by atoms with van der Waals surface area (Å²) >= 11 is 0. The van der Waals surface area contributed by atoms with Crippen LogP contribution in [0.1, 0.15) is 25.5 Å². The van der Waals surface area contributed by atoms with Crippen LogP contribution in [0.15, 0.2) is 24.3 Å². The number of aliphatic hydroxyl groups excluding tert-OH is 1. The molecule has 0 fully saturated rings. The maximum Gasteiger partial charge on any atom is 0.224 e. The average Bonchev–Trinajstić information content (AvgIpc) is 2.62. The first-order chi connectivity index (χ1) is 8.07. The van der Waals surface area contributed by atoms with Crippen molar-refractivity contribution in [1.29, 1.82) is 0 Å². The Bertz CT molecular complexity index is 458. The Balaban J connectivity index is 2.51. The van der Waals surface area contributed by atoms with Gasteiger partial charge in [-0.25, -0.2) is 0 Å². The predicted molar refractivity (Wildman–Crippen MR) is 63.6 cm³/mol. The molecule has 4 heteroatoms. The summed E-state index contributed by atoms with van der Waals surface area (Å²) < 4.78 is 0. The SMILES string of the molecule is CC(=O)N1c2ccccc2[C@@H](O)[C@H]1[C@@H](C)C=O. The lowest BCUT2D eigenvalue weighted by atomic mass is 9.96. The van der Waals surface area contributed by atoms with Crippen molar-refractivity contribution < 1.29 is 14.7 Å². The number of hydrogen-bond acceptors (Lipinski definition) is 3. The lowest BCUT2D eigenvalue weighted by Gasteiger charge is -2.28.